The summed E-state index contributed by atoms with van der Waals surface area (Å²) >= 11 is 18.5. The van der Waals surface area contributed by atoms with Crippen LogP contribution in [-0.2, 0) is 32.3 Å². The van der Waals surface area contributed by atoms with Gasteiger partial charge in [0, 0.05) is 28.2 Å². The minimum Gasteiger partial charge on any atom is -0.352 e. The Morgan fingerprint density at radius 2 is 1.49 bits per heavy atom. The minimum atomic E-state index is -4.91. The van der Waals surface area contributed by atoms with Crippen LogP contribution in [0.25, 0.3) is 0 Å². The van der Waals surface area contributed by atoms with Crippen molar-refractivity contribution in [2.75, 3.05) is 10.8 Å². The fraction of sp³-hybridized carbons (Fsp3) is 0.310. The molecule has 7 nitrogen and oxygen atoms in total. The number of benzene rings is 3. The number of amides is 2. The number of aryl methyl sites for hydroxylation is 1. The van der Waals surface area contributed by atoms with Crippen LogP contribution in [0.1, 0.15) is 37.5 Å². The van der Waals surface area contributed by atoms with E-state index in [1.54, 1.807) is 26.8 Å². The Hall–Kier alpha value is -2.99. The average Bonchev–Trinajstić information content (AvgIpc) is 2.90. The Kier molecular flexibility index (Phi) is 11.0. The third-order valence-corrected chi connectivity index (χ3v) is 9.25. The summed E-state index contributed by atoms with van der Waals surface area (Å²) in [6, 6.07) is 11.3. The molecule has 0 aliphatic rings. The first-order chi connectivity index (χ1) is 19.9. The van der Waals surface area contributed by atoms with Crippen LogP contribution >= 0.6 is 34.8 Å². The number of nitrogens with one attached hydrogen (secondary N) is 1. The Morgan fingerprint density at radius 1 is 0.907 bits per heavy atom. The van der Waals surface area contributed by atoms with E-state index in [0.29, 0.717) is 15.9 Å². The summed E-state index contributed by atoms with van der Waals surface area (Å²) in [5.74, 6) is -1.45. The summed E-state index contributed by atoms with van der Waals surface area (Å²) < 4.78 is 69.6. The third kappa shape index (κ3) is 8.35. The van der Waals surface area contributed by atoms with Gasteiger partial charge >= 0.3 is 6.18 Å². The minimum absolute atomic E-state index is 0.193. The number of anilines is 1. The summed E-state index contributed by atoms with van der Waals surface area (Å²) in [5.41, 5.74) is -0.712. The van der Waals surface area contributed by atoms with Gasteiger partial charge in [0.1, 0.15) is 12.6 Å². The molecule has 3 aromatic carbocycles. The van der Waals surface area contributed by atoms with Crippen molar-refractivity contribution in [2.24, 2.45) is 0 Å². The summed E-state index contributed by atoms with van der Waals surface area (Å²) in [5, 5.41) is 2.44. The molecule has 2 amide bonds. The van der Waals surface area contributed by atoms with Gasteiger partial charge in [0.2, 0.25) is 11.8 Å². The number of hydrogen-bond donors (Lipinski definition) is 1. The molecular formula is C29H29Cl3F3N3O4S. The van der Waals surface area contributed by atoms with Gasteiger partial charge in [-0.25, -0.2) is 8.42 Å². The van der Waals surface area contributed by atoms with E-state index in [9.17, 15) is 31.2 Å². The van der Waals surface area contributed by atoms with Crippen molar-refractivity contribution in [2.45, 2.75) is 57.4 Å². The quantitative estimate of drug-likeness (QED) is 0.248. The van der Waals surface area contributed by atoms with Crippen LogP contribution in [0, 0.1) is 6.92 Å². The van der Waals surface area contributed by atoms with E-state index in [4.69, 9.17) is 34.8 Å². The van der Waals surface area contributed by atoms with Crippen molar-refractivity contribution in [3.63, 3.8) is 0 Å². The van der Waals surface area contributed by atoms with Crippen LogP contribution in [0.15, 0.2) is 65.6 Å². The number of carbonyl (C=O) groups is 2. The lowest BCUT2D eigenvalue weighted by Crippen LogP contribution is -2.52. The second kappa shape index (κ2) is 13.8. The fourth-order valence-corrected chi connectivity index (χ4v) is 6.24. The highest BCUT2D eigenvalue weighted by Gasteiger charge is 2.37. The van der Waals surface area contributed by atoms with Gasteiger partial charge in [-0.15, -0.1) is 0 Å². The summed E-state index contributed by atoms with van der Waals surface area (Å²) in [7, 11) is -4.61. The number of hydrogen-bond acceptors (Lipinski definition) is 4. The zero-order valence-corrected chi connectivity index (χ0v) is 26.6. The molecule has 0 aliphatic carbocycles. The maximum Gasteiger partial charge on any atom is 0.417 e. The van der Waals surface area contributed by atoms with E-state index in [1.165, 1.54) is 43.3 Å². The number of sulfonamides is 1. The van der Waals surface area contributed by atoms with Gasteiger partial charge in [0.15, 0.2) is 0 Å². The maximum absolute atomic E-state index is 14.0. The van der Waals surface area contributed by atoms with Gasteiger partial charge < -0.3 is 10.2 Å². The predicted molar refractivity (Wildman–Crippen MR) is 162 cm³/mol. The second-order valence-corrected chi connectivity index (χ2v) is 13.1. The molecule has 3 aromatic rings. The largest absolute Gasteiger partial charge is 0.417 e. The van der Waals surface area contributed by atoms with Crippen LogP contribution < -0.4 is 9.62 Å². The van der Waals surface area contributed by atoms with Crippen molar-refractivity contribution in [3.05, 3.63) is 92.4 Å². The molecule has 0 aliphatic heterocycles. The number of halogens is 6. The van der Waals surface area contributed by atoms with Crippen molar-refractivity contribution in [3.8, 4) is 0 Å². The molecule has 0 bridgehead atoms. The molecule has 0 spiro atoms. The van der Waals surface area contributed by atoms with E-state index in [1.807, 2.05) is 0 Å². The highest BCUT2D eigenvalue weighted by Crippen LogP contribution is 2.38. The smallest absolute Gasteiger partial charge is 0.352 e. The molecule has 0 saturated heterocycles. The molecule has 43 heavy (non-hydrogen) atoms. The lowest BCUT2D eigenvalue weighted by Gasteiger charge is -2.33. The van der Waals surface area contributed by atoms with Crippen LogP contribution in [0.3, 0.4) is 0 Å². The number of alkyl halides is 3. The SMILES string of the molecule is Cc1ccc(S(=O)(=O)N(CC(=O)N(Cc2c(Cl)cccc2Cl)C(C)C(=O)NC(C)C)c2ccc(Cl)c(C(F)(F)F)c2)cc1. The molecule has 3 rings (SSSR count). The molecule has 1 atom stereocenters. The van der Waals surface area contributed by atoms with Crippen molar-refractivity contribution >= 4 is 62.3 Å². The lowest BCUT2D eigenvalue weighted by atomic mass is 10.1. The summed E-state index contributed by atoms with van der Waals surface area (Å²) in [6.07, 6.45) is -4.91. The summed E-state index contributed by atoms with van der Waals surface area (Å²) in [6.45, 7) is 5.34. The van der Waals surface area contributed by atoms with Gasteiger partial charge in [-0.2, -0.15) is 13.2 Å². The van der Waals surface area contributed by atoms with E-state index in [-0.39, 0.29) is 27.5 Å². The van der Waals surface area contributed by atoms with Gasteiger partial charge in [-0.3, -0.25) is 13.9 Å². The molecule has 14 heteroatoms. The molecule has 0 radical (unpaired) electrons. The Morgan fingerprint density at radius 3 is 2.02 bits per heavy atom. The number of rotatable bonds is 10. The van der Waals surface area contributed by atoms with Crippen molar-refractivity contribution < 1.29 is 31.2 Å². The Labute approximate surface area is 263 Å². The van der Waals surface area contributed by atoms with E-state index >= 15 is 0 Å². The van der Waals surface area contributed by atoms with Crippen molar-refractivity contribution in [1.29, 1.82) is 0 Å². The zero-order chi connectivity index (χ0) is 32.3. The highest BCUT2D eigenvalue weighted by molar-refractivity contribution is 7.92. The lowest BCUT2D eigenvalue weighted by molar-refractivity contribution is -0.139. The molecule has 232 valence electrons. The molecule has 0 heterocycles. The Bertz CT molecular complexity index is 1580. The van der Waals surface area contributed by atoms with Crippen molar-refractivity contribution in [1.82, 2.24) is 10.2 Å². The average molecular weight is 679 g/mol. The monoisotopic (exact) mass is 677 g/mol. The standard InChI is InChI=1S/C29H29Cl3F3N3O4S/c1-17(2)36-28(40)19(4)37(15-22-24(30)6-5-7-25(22)31)27(39)16-38(43(41,42)21-11-8-18(3)9-12-21)20-10-13-26(32)23(14-20)29(33,34)35/h5-14,17,19H,15-16H2,1-4H3,(H,36,40). The van der Waals surface area contributed by atoms with E-state index in [2.05, 4.69) is 5.32 Å². The highest BCUT2D eigenvalue weighted by atomic mass is 35.5. The second-order valence-electron chi connectivity index (χ2n) is 10.0. The van der Waals surface area contributed by atoms with Gasteiger partial charge in [0.25, 0.3) is 10.0 Å². The first kappa shape index (κ1) is 34.5. The first-order valence-corrected chi connectivity index (χ1v) is 15.5. The molecular weight excluding hydrogens is 650 g/mol. The third-order valence-electron chi connectivity index (χ3n) is 6.42. The molecule has 0 aromatic heterocycles. The van der Waals surface area contributed by atoms with Gasteiger partial charge in [-0.1, -0.05) is 58.6 Å². The Balaban J connectivity index is 2.16. The number of carbonyl (C=O) groups excluding carboxylic acids is 2. The summed E-state index contributed by atoms with van der Waals surface area (Å²) in [4.78, 5) is 27.8. The molecule has 0 fully saturated rings. The fourth-order valence-electron chi connectivity index (χ4n) is 4.09. The topological polar surface area (TPSA) is 86.8 Å². The zero-order valence-electron chi connectivity index (χ0n) is 23.5. The molecule has 1 unspecified atom stereocenters. The molecule has 0 saturated carbocycles. The molecule has 1 N–H and O–H groups in total. The first-order valence-electron chi connectivity index (χ1n) is 12.9. The number of nitrogens with zero attached hydrogens (tertiary/aromatic N) is 2. The normalized spacial score (nSPS) is 12.6. The van der Waals surface area contributed by atoms with Crippen LogP contribution in [0.4, 0.5) is 18.9 Å². The van der Waals surface area contributed by atoms with Gasteiger partial charge in [0.05, 0.1) is 21.2 Å². The van der Waals surface area contributed by atoms with Gasteiger partial charge in [-0.05, 0) is 70.2 Å². The van der Waals surface area contributed by atoms with E-state index < -0.39 is 56.9 Å². The van der Waals surface area contributed by atoms with Crippen LogP contribution in [0.5, 0.6) is 0 Å². The maximum atomic E-state index is 14.0. The van der Waals surface area contributed by atoms with Crippen LogP contribution in [0.2, 0.25) is 15.1 Å². The van der Waals surface area contributed by atoms with Crippen LogP contribution in [-0.4, -0.2) is 43.8 Å². The predicted octanol–water partition coefficient (Wildman–Crippen LogP) is 7.11. The van der Waals surface area contributed by atoms with E-state index in [0.717, 1.165) is 22.6 Å².